The average Bonchev–Trinajstić information content (AvgIpc) is 2.97. The van der Waals surface area contributed by atoms with E-state index >= 15 is 0 Å². The lowest BCUT2D eigenvalue weighted by Gasteiger charge is -2.16. The van der Waals surface area contributed by atoms with Crippen LogP contribution in [0.2, 0.25) is 0 Å². The third kappa shape index (κ3) is 3.69. The van der Waals surface area contributed by atoms with Crippen LogP contribution in [0.3, 0.4) is 0 Å². The summed E-state index contributed by atoms with van der Waals surface area (Å²) in [6, 6.07) is 4.86. The number of hydrogen-bond acceptors (Lipinski definition) is 3. The van der Waals surface area contributed by atoms with Gasteiger partial charge in [-0.3, -0.25) is 0 Å². The number of benzene rings is 1. The Morgan fingerprint density at radius 3 is 2.58 bits per heavy atom. The largest absolute Gasteiger partial charge is 0.423 e. The highest BCUT2D eigenvalue weighted by Crippen LogP contribution is 2.34. The second kappa shape index (κ2) is 6.43. The lowest BCUT2D eigenvalue weighted by molar-refractivity contribution is -0.136. The van der Waals surface area contributed by atoms with Crippen molar-refractivity contribution in [3.63, 3.8) is 0 Å². The van der Waals surface area contributed by atoms with Gasteiger partial charge in [-0.25, -0.2) is 4.79 Å². The van der Waals surface area contributed by atoms with Crippen molar-refractivity contribution < 1.29 is 17.6 Å². The topological polar surface area (TPSA) is 54.3 Å². The highest BCUT2D eigenvalue weighted by atomic mass is 32.1. The van der Waals surface area contributed by atoms with Gasteiger partial charge in [-0.15, -0.1) is 0 Å². The molecule has 2 aromatic rings. The maximum atomic E-state index is 13.0. The van der Waals surface area contributed by atoms with Gasteiger partial charge in [0.05, 0.1) is 5.56 Å². The van der Waals surface area contributed by atoms with Gasteiger partial charge in [0, 0.05) is 29.2 Å². The lowest BCUT2D eigenvalue weighted by atomic mass is 10.1. The zero-order valence-electron chi connectivity index (χ0n) is 12.6. The second-order valence-corrected chi connectivity index (χ2v) is 6.18. The number of rotatable bonds is 2. The minimum Gasteiger partial charge on any atom is -0.423 e. The predicted octanol–water partition coefficient (Wildman–Crippen LogP) is 4.04. The van der Waals surface area contributed by atoms with Crippen LogP contribution >= 0.6 is 12.2 Å². The minimum atomic E-state index is -4.62. The highest BCUT2D eigenvalue weighted by Gasteiger charge is 2.33. The summed E-state index contributed by atoms with van der Waals surface area (Å²) in [7, 11) is 0. The van der Waals surface area contributed by atoms with Gasteiger partial charge in [0.25, 0.3) is 0 Å². The van der Waals surface area contributed by atoms with E-state index in [4.69, 9.17) is 16.6 Å². The molecule has 0 saturated heterocycles. The number of alkyl halides is 3. The summed E-state index contributed by atoms with van der Waals surface area (Å²) in [5.41, 5.74) is -1.73. The van der Waals surface area contributed by atoms with Crippen molar-refractivity contribution >= 4 is 34.0 Å². The number of fused-ring (bicyclic) bond motifs is 1. The molecule has 0 atom stereocenters. The quantitative estimate of drug-likeness (QED) is 0.628. The number of nitrogens with one attached hydrogen (secondary N) is 2. The normalized spacial score (nSPS) is 15.6. The Bertz CT molecular complexity index is 826. The molecule has 0 spiro atoms. The van der Waals surface area contributed by atoms with E-state index in [1.54, 1.807) is 0 Å². The molecule has 0 radical (unpaired) electrons. The molecular formula is C16H15F3N2O2S. The average molecular weight is 356 g/mol. The van der Waals surface area contributed by atoms with Crippen LogP contribution in [0, 0.1) is 0 Å². The zero-order valence-corrected chi connectivity index (χ0v) is 13.4. The number of hydrogen-bond donors (Lipinski definition) is 2. The summed E-state index contributed by atoms with van der Waals surface area (Å²) in [5, 5.41) is 6.32. The first-order valence-corrected chi connectivity index (χ1v) is 7.96. The maximum Gasteiger partial charge on any atom is 0.417 e. The standard InChI is InChI=1S/C16H15F3N2O2S/c17-16(18,19)12-8-14(22)23-13-7-10(5-6-11(12)13)21-15(24)20-9-3-1-2-4-9/h5-9H,1-4H2,(H2,20,21,24). The van der Waals surface area contributed by atoms with E-state index in [0.29, 0.717) is 22.9 Å². The van der Waals surface area contributed by atoms with Gasteiger partial charge in [-0.1, -0.05) is 12.8 Å². The van der Waals surface area contributed by atoms with E-state index in [-0.39, 0.29) is 11.0 Å². The van der Waals surface area contributed by atoms with Crippen LogP contribution in [-0.4, -0.2) is 11.2 Å². The van der Waals surface area contributed by atoms with Crippen LogP contribution in [0.1, 0.15) is 31.2 Å². The molecule has 1 aromatic carbocycles. The first-order valence-electron chi connectivity index (χ1n) is 7.55. The Morgan fingerprint density at radius 1 is 1.21 bits per heavy atom. The Balaban J connectivity index is 1.86. The third-order valence-corrected chi connectivity index (χ3v) is 4.22. The maximum absolute atomic E-state index is 13.0. The van der Waals surface area contributed by atoms with Crippen LogP contribution in [0.15, 0.2) is 33.5 Å². The van der Waals surface area contributed by atoms with Crippen molar-refractivity contribution in [3.8, 4) is 0 Å². The van der Waals surface area contributed by atoms with Crippen LogP contribution in [0.4, 0.5) is 18.9 Å². The molecule has 0 aliphatic heterocycles. The molecule has 1 saturated carbocycles. The molecule has 0 unspecified atom stereocenters. The molecule has 4 nitrogen and oxygen atoms in total. The van der Waals surface area contributed by atoms with Gasteiger partial charge in [-0.2, -0.15) is 13.2 Å². The van der Waals surface area contributed by atoms with Gasteiger partial charge in [0.15, 0.2) is 5.11 Å². The fraction of sp³-hybridized carbons (Fsp3) is 0.375. The van der Waals surface area contributed by atoms with Gasteiger partial charge in [0.2, 0.25) is 0 Å². The zero-order chi connectivity index (χ0) is 17.3. The Labute approximate surface area is 141 Å². The minimum absolute atomic E-state index is 0.136. The van der Waals surface area contributed by atoms with Crippen molar-refractivity contribution in [3.05, 3.63) is 40.2 Å². The lowest BCUT2D eigenvalue weighted by Crippen LogP contribution is -2.35. The first kappa shape index (κ1) is 16.8. The molecule has 2 N–H and O–H groups in total. The van der Waals surface area contributed by atoms with Crippen molar-refractivity contribution in [1.82, 2.24) is 5.32 Å². The van der Waals surface area contributed by atoms with Crippen molar-refractivity contribution in [1.29, 1.82) is 0 Å². The van der Waals surface area contributed by atoms with E-state index in [9.17, 15) is 18.0 Å². The van der Waals surface area contributed by atoms with Crippen LogP contribution in [-0.2, 0) is 6.18 Å². The van der Waals surface area contributed by atoms with E-state index in [0.717, 1.165) is 25.7 Å². The third-order valence-electron chi connectivity index (χ3n) is 4.00. The smallest absolute Gasteiger partial charge is 0.417 e. The number of thiocarbonyl (C=S) groups is 1. The molecule has 8 heteroatoms. The summed E-state index contributed by atoms with van der Waals surface area (Å²) >= 11 is 5.21. The van der Waals surface area contributed by atoms with Gasteiger partial charge in [0.1, 0.15) is 5.58 Å². The van der Waals surface area contributed by atoms with E-state index in [2.05, 4.69) is 10.6 Å². The Morgan fingerprint density at radius 2 is 1.92 bits per heavy atom. The summed E-state index contributed by atoms with van der Waals surface area (Å²) in [4.78, 5) is 11.4. The monoisotopic (exact) mass is 356 g/mol. The van der Waals surface area contributed by atoms with Gasteiger partial charge < -0.3 is 15.1 Å². The summed E-state index contributed by atoms with van der Waals surface area (Å²) in [5.74, 6) is 0. The molecule has 1 aliphatic rings. The SMILES string of the molecule is O=c1cc(C(F)(F)F)c2ccc(NC(=S)NC3CCCC3)cc2o1. The fourth-order valence-corrected chi connectivity index (χ4v) is 3.18. The summed E-state index contributed by atoms with van der Waals surface area (Å²) in [6.07, 6.45) is -0.224. The van der Waals surface area contributed by atoms with Crippen molar-refractivity contribution in [2.24, 2.45) is 0 Å². The molecule has 128 valence electrons. The molecule has 1 aromatic heterocycles. The van der Waals surface area contributed by atoms with Gasteiger partial charge in [-0.05, 0) is 37.2 Å². The molecule has 24 heavy (non-hydrogen) atoms. The van der Waals surface area contributed by atoms with E-state index < -0.39 is 17.4 Å². The number of anilines is 1. The van der Waals surface area contributed by atoms with Crippen LogP contribution < -0.4 is 16.3 Å². The van der Waals surface area contributed by atoms with Crippen molar-refractivity contribution in [2.45, 2.75) is 37.9 Å². The highest BCUT2D eigenvalue weighted by molar-refractivity contribution is 7.80. The van der Waals surface area contributed by atoms with Gasteiger partial charge >= 0.3 is 11.8 Å². The Kier molecular flexibility index (Phi) is 4.49. The van der Waals surface area contributed by atoms with Crippen LogP contribution in [0.25, 0.3) is 11.0 Å². The predicted molar refractivity (Wildman–Crippen MR) is 89.1 cm³/mol. The summed E-state index contributed by atoms with van der Waals surface area (Å²) in [6.45, 7) is 0. The molecule has 1 heterocycles. The second-order valence-electron chi connectivity index (χ2n) is 5.77. The molecule has 0 bridgehead atoms. The molecule has 1 aliphatic carbocycles. The molecule has 3 rings (SSSR count). The first-order chi connectivity index (χ1) is 11.3. The molecular weight excluding hydrogens is 341 g/mol. The van der Waals surface area contributed by atoms with Crippen molar-refractivity contribution in [2.75, 3.05) is 5.32 Å². The van der Waals surface area contributed by atoms with E-state index in [1.807, 2.05) is 0 Å². The fourth-order valence-electron chi connectivity index (χ4n) is 2.90. The molecule has 1 fully saturated rings. The summed E-state index contributed by atoms with van der Waals surface area (Å²) < 4.78 is 43.9. The number of halogens is 3. The Hall–Kier alpha value is -2.09. The van der Waals surface area contributed by atoms with E-state index in [1.165, 1.54) is 18.2 Å². The van der Waals surface area contributed by atoms with Crippen LogP contribution in [0.5, 0.6) is 0 Å². The molecule has 0 amide bonds.